The lowest BCUT2D eigenvalue weighted by atomic mass is 10.1. The molecule has 0 radical (unpaired) electrons. The van der Waals surface area contributed by atoms with Crippen molar-refractivity contribution in [2.75, 3.05) is 31.7 Å². The summed E-state index contributed by atoms with van der Waals surface area (Å²) >= 11 is 0. The highest BCUT2D eigenvalue weighted by Crippen LogP contribution is 2.23. The van der Waals surface area contributed by atoms with Crippen LogP contribution >= 0.6 is 0 Å². The Morgan fingerprint density at radius 1 is 1.37 bits per heavy atom. The summed E-state index contributed by atoms with van der Waals surface area (Å²) in [7, 11) is 1.68. The van der Waals surface area contributed by atoms with E-state index >= 15 is 0 Å². The number of anilines is 1. The lowest BCUT2D eigenvalue weighted by Crippen LogP contribution is -2.42. The fraction of sp³-hybridized carbons (Fsp3) is 0.600. The van der Waals surface area contributed by atoms with E-state index in [0.717, 1.165) is 25.3 Å². The summed E-state index contributed by atoms with van der Waals surface area (Å²) in [6, 6.07) is 8.54. The van der Waals surface area contributed by atoms with Gasteiger partial charge in [-0.25, -0.2) is 0 Å². The molecule has 0 spiro atoms. The second kappa shape index (κ2) is 6.78. The monoisotopic (exact) mass is 264 g/mol. The van der Waals surface area contributed by atoms with Crippen LogP contribution in [0.3, 0.4) is 0 Å². The van der Waals surface area contributed by atoms with Gasteiger partial charge >= 0.3 is 0 Å². The molecular formula is C15H24N2O2. The summed E-state index contributed by atoms with van der Waals surface area (Å²) in [6.45, 7) is 4.64. The molecule has 0 aromatic heterocycles. The van der Waals surface area contributed by atoms with Gasteiger partial charge < -0.3 is 20.1 Å². The smallest absolute Gasteiger partial charge is 0.119 e. The first-order chi connectivity index (χ1) is 9.19. The second-order valence-electron chi connectivity index (χ2n) is 5.23. The molecule has 19 heavy (non-hydrogen) atoms. The van der Waals surface area contributed by atoms with Crippen LogP contribution < -0.4 is 15.4 Å². The normalized spacial score (nSPS) is 21.2. The van der Waals surface area contributed by atoms with E-state index in [4.69, 9.17) is 15.2 Å². The Morgan fingerprint density at radius 2 is 2.11 bits per heavy atom. The molecule has 1 saturated heterocycles. The van der Waals surface area contributed by atoms with Crippen LogP contribution in [-0.2, 0) is 4.74 Å². The number of rotatable bonds is 5. The summed E-state index contributed by atoms with van der Waals surface area (Å²) < 4.78 is 10.8. The second-order valence-corrected chi connectivity index (χ2v) is 5.23. The number of ether oxygens (including phenoxy) is 2. The van der Waals surface area contributed by atoms with Crippen LogP contribution in [0.25, 0.3) is 0 Å². The highest BCUT2D eigenvalue weighted by molar-refractivity contribution is 5.49. The van der Waals surface area contributed by atoms with E-state index in [0.29, 0.717) is 12.6 Å². The van der Waals surface area contributed by atoms with E-state index < -0.39 is 0 Å². The van der Waals surface area contributed by atoms with Crippen LogP contribution in [-0.4, -0.2) is 39.0 Å². The van der Waals surface area contributed by atoms with Gasteiger partial charge in [-0.1, -0.05) is 0 Å². The molecule has 4 heteroatoms. The molecule has 1 aromatic carbocycles. The Labute approximate surface area is 115 Å². The Bertz CT molecular complexity index is 380. The van der Waals surface area contributed by atoms with E-state index in [9.17, 15) is 0 Å². The third kappa shape index (κ3) is 4.11. The standard InChI is InChI=1S/C15H24N2O2/c1-12(11-18-2)19-15-7-5-14(6-8-15)17-9-3-4-13(16)10-17/h5-8,12-13H,3-4,9-11,16H2,1-2H3. The first-order valence-electron chi connectivity index (χ1n) is 6.95. The maximum Gasteiger partial charge on any atom is 0.119 e. The maximum absolute atomic E-state index is 6.01. The molecule has 1 aliphatic rings. The van der Waals surface area contributed by atoms with Crippen LogP contribution in [0.1, 0.15) is 19.8 Å². The van der Waals surface area contributed by atoms with Gasteiger partial charge in [0, 0.05) is 31.9 Å². The number of hydrogen-bond donors (Lipinski definition) is 1. The molecule has 0 bridgehead atoms. The number of piperidine rings is 1. The van der Waals surface area contributed by atoms with Gasteiger partial charge in [0.2, 0.25) is 0 Å². The lowest BCUT2D eigenvalue weighted by molar-refractivity contribution is 0.0921. The third-order valence-corrected chi connectivity index (χ3v) is 3.40. The molecule has 1 fully saturated rings. The van der Waals surface area contributed by atoms with E-state index in [2.05, 4.69) is 17.0 Å². The highest BCUT2D eigenvalue weighted by Gasteiger charge is 2.16. The number of methoxy groups -OCH3 is 1. The van der Waals surface area contributed by atoms with Crippen LogP contribution in [0.5, 0.6) is 5.75 Å². The predicted octanol–water partition coefficient (Wildman–Crippen LogP) is 2.03. The average Bonchev–Trinajstić information content (AvgIpc) is 2.40. The minimum absolute atomic E-state index is 0.0688. The van der Waals surface area contributed by atoms with Gasteiger partial charge in [-0.05, 0) is 44.0 Å². The van der Waals surface area contributed by atoms with Crippen molar-refractivity contribution in [3.05, 3.63) is 24.3 Å². The van der Waals surface area contributed by atoms with E-state index in [-0.39, 0.29) is 6.10 Å². The fourth-order valence-corrected chi connectivity index (χ4v) is 2.48. The van der Waals surface area contributed by atoms with Crippen LogP contribution in [0.2, 0.25) is 0 Å². The zero-order chi connectivity index (χ0) is 13.7. The summed E-state index contributed by atoms with van der Waals surface area (Å²) in [5.41, 5.74) is 7.24. The van der Waals surface area contributed by atoms with Gasteiger partial charge in [0.1, 0.15) is 11.9 Å². The Kier molecular flexibility index (Phi) is 5.05. The Balaban J connectivity index is 1.94. The molecule has 2 rings (SSSR count). The molecule has 106 valence electrons. The van der Waals surface area contributed by atoms with Crippen molar-refractivity contribution in [1.29, 1.82) is 0 Å². The van der Waals surface area contributed by atoms with Gasteiger partial charge in [-0.2, -0.15) is 0 Å². The zero-order valence-corrected chi connectivity index (χ0v) is 11.8. The highest BCUT2D eigenvalue weighted by atomic mass is 16.5. The number of hydrogen-bond acceptors (Lipinski definition) is 4. The van der Waals surface area contributed by atoms with Gasteiger partial charge in [0.15, 0.2) is 0 Å². The Hall–Kier alpha value is -1.26. The van der Waals surface area contributed by atoms with E-state index in [1.165, 1.54) is 12.1 Å². The van der Waals surface area contributed by atoms with Crippen molar-refractivity contribution in [1.82, 2.24) is 0 Å². The minimum Gasteiger partial charge on any atom is -0.488 e. The van der Waals surface area contributed by atoms with Crippen LogP contribution in [0.15, 0.2) is 24.3 Å². The first-order valence-corrected chi connectivity index (χ1v) is 6.95. The van der Waals surface area contributed by atoms with Crippen molar-refractivity contribution < 1.29 is 9.47 Å². The SMILES string of the molecule is COCC(C)Oc1ccc(N2CCCC(N)C2)cc1. The summed E-state index contributed by atoms with van der Waals surface area (Å²) in [4.78, 5) is 2.34. The van der Waals surface area contributed by atoms with Crippen LogP contribution in [0.4, 0.5) is 5.69 Å². The largest absolute Gasteiger partial charge is 0.488 e. The molecule has 1 aliphatic heterocycles. The van der Waals surface area contributed by atoms with Crippen molar-refractivity contribution >= 4 is 5.69 Å². The number of nitrogens with zero attached hydrogens (tertiary/aromatic N) is 1. The predicted molar refractivity (Wildman–Crippen MR) is 77.8 cm³/mol. The van der Waals surface area contributed by atoms with Crippen molar-refractivity contribution in [2.45, 2.75) is 31.9 Å². The Morgan fingerprint density at radius 3 is 2.74 bits per heavy atom. The van der Waals surface area contributed by atoms with Crippen LogP contribution in [0, 0.1) is 0 Å². The lowest BCUT2D eigenvalue weighted by Gasteiger charge is -2.32. The van der Waals surface area contributed by atoms with Gasteiger partial charge in [0.25, 0.3) is 0 Å². The maximum atomic E-state index is 6.01. The first kappa shape index (κ1) is 14.2. The molecule has 1 heterocycles. The zero-order valence-electron chi connectivity index (χ0n) is 11.8. The molecule has 2 N–H and O–H groups in total. The quantitative estimate of drug-likeness (QED) is 0.884. The van der Waals surface area contributed by atoms with E-state index in [1.807, 2.05) is 19.1 Å². The molecule has 4 nitrogen and oxygen atoms in total. The molecule has 0 amide bonds. The summed E-state index contributed by atoms with van der Waals surface area (Å²) in [6.07, 6.45) is 2.37. The molecular weight excluding hydrogens is 240 g/mol. The molecule has 2 atom stereocenters. The van der Waals surface area contributed by atoms with Crippen molar-refractivity contribution in [3.63, 3.8) is 0 Å². The summed E-state index contributed by atoms with van der Waals surface area (Å²) in [5.74, 6) is 0.884. The summed E-state index contributed by atoms with van der Waals surface area (Å²) in [5, 5.41) is 0. The van der Waals surface area contributed by atoms with Crippen molar-refractivity contribution in [2.24, 2.45) is 5.73 Å². The topological polar surface area (TPSA) is 47.7 Å². The van der Waals surface area contributed by atoms with Crippen molar-refractivity contribution in [3.8, 4) is 5.75 Å². The van der Waals surface area contributed by atoms with Gasteiger partial charge in [-0.15, -0.1) is 0 Å². The molecule has 0 saturated carbocycles. The average molecular weight is 264 g/mol. The molecule has 0 aliphatic carbocycles. The number of benzene rings is 1. The molecule has 2 unspecified atom stereocenters. The van der Waals surface area contributed by atoms with Gasteiger partial charge in [0.05, 0.1) is 6.61 Å². The van der Waals surface area contributed by atoms with Gasteiger partial charge in [-0.3, -0.25) is 0 Å². The number of nitrogens with two attached hydrogens (primary N) is 1. The van der Waals surface area contributed by atoms with E-state index in [1.54, 1.807) is 7.11 Å². The fourth-order valence-electron chi connectivity index (χ4n) is 2.48. The third-order valence-electron chi connectivity index (χ3n) is 3.40. The molecule has 1 aromatic rings. The minimum atomic E-state index is 0.0688.